The Morgan fingerprint density at radius 3 is 2.76 bits per heavy atom. The maximum atomic E-state index is 11.8. The lowest BCUT2D eigenvalue weighted by Crippen LogP contribution is -2.24. The third kappa shape index (κ3) is 4.73. The Balaban J connectivity index is 2.71. The van der Waals surface area contributed by atoms with E-state index in [2.05, 4.69) is 24.1 Å². The monoisotopic (exact) mass is 254 g/mol. The van der Waals surface area contributed by atoms with Crippen molar-refractivity contribution in [3.05, 3.63) is 28.5 Å². The Kier molecular flexibility index (Phi) is 5.98. The number of amides is 1. The average molecular weight is 255 g/mol. The summed E-state index contributed by atoms with van der Waals surface area (Å²) in [5.41, 5.74) is 1.48. The molecule has 1 amide bonds. The zero-order chi connectivity index (χ0) is 12.7. The van der Waals surface area contributed by atoms with Crippen LogP contribution >= 0.6 is 11.6 Å². The molecule has 4 heteroatoms. The van der Waals surface area contributed by atoms with Gasteiger partial charge in [0.2, 0.25) is 0 Å². The first-order valence-corrected chi connectivity index (χ1v) is 6.49. The molecule has 3 nitrogen and oxygen atoms in total. The molecule has 0 saturated heterocycles. The molecule has 0 spiro atoms. The Labute approximate surface area is 108 Å². The minimum absolute atomic E-state index is 0.0693. The standard InChI is InChI=1S/C13H19ClN2O/c1-3-5-7-15-13(17)10-8-11(6-4-2)16-12(14)9-10/h8-9H,3-7H2,1-2H3,(H,15,17). The molecule has 0 aliphatic carbocycles. The molecule has 0 unspecified atom stereocenters. The van der Waals surface area contributed by atoms with Crippen molar-refractivity contribution >= 4 is 17.5 Å². The maximum Gasteiger partial charge on any atom is 0.251 e. The van der Waals surface area contributed by atoms with E-state index in [4.69, 9.17) is 11.6 Å². The van der Waals surface area contributed by atoms with Gasteiger partial charge in [0.05, 0.1) is 0 Å². The van der Waals surface area contributed by atoms with E-state index in [0.29, 0.717) is 17.3 Å². The van der Waals surface area contributed by atoms with Gasteiger partial charge in [-0.3, -0.25) is 4.79 Å². The maximum absolute atomic E-state index is 11.8. The van der Waals surface area contributed by atoms with Gasteiger partial charge >= 0.3 is 0 Å². The van der Waals surface area contributed by atoms with Crippen LogP contribution in [0.3, 0.4) is 0 Å². The first kappa shape index (κ1) is 14.0. The predicted molar refractivity (Wildman–Crippen MR) is 70.5 cm³/mol. The van der Waals surface area contributed by atoms with Crippen LogP contribution in [0.25, 0.3) is 0 Å². The second-order valence-corrected chi connectivity index (χ2v) is 4.42. The van der Waals surface area contributed by atoms with E-state index in [1.54, 1.807) is 6.07 Å². The third-order valence-corrected chi connectivity index (χ3v) is 2.62. The van der Waals surface area contributed by atoms with Crippen LogP contribution in [0.2, 0.25) is 5.15 Å². The van der Waals surface area contributed by atoms with E-state index in [1.807, 2.05) is 6.07 Å². The fraction of sp³-hybridized carbons (Fsp3) is 0.538. The molecule has 0 aliphatic rings. The number of aryl methyl sites for hydroxylation is 1. The molecule has 17 heavy (non-hydrogen) atoms. The highest BCUT2D eigenvalue weighted by atomic mass is 35.5. The summed E-state index contributed by atoms with van der Waals surface area (Å²) < 4.78 is 0. The fourth-order valence-corrected chi connectivity index (χ4v) is 1.77. The van der Waals surface area contributed by atoms with Gasteiger partial charge in [0.1, 0.15) is 5.15 Å². The van der Waals surface area contributed by atoms with Gasteiger partial charge in [0.15, 0.2) is 0 Å². The van der Waals surface area contributed by atoms with Crippen LogP contribution < -0.4 is 5.32 Å². The van der Waals surface area contributed by atoms with Crippen LogP contribution in [0.5, 0.6) is 0 Å². The molecule has 1 aromatic heterocycles. The summed E-state index contributed by atoms with van der Waals surface area (Å²) in [6.07, 6.45) is 3.89. The van der Waals surface area contributed by atoms with E-state index in [-0.39, 0.29) is 5.91 Å². The van der Waals surface area contributed by atoms with Crippen molar-refractivity contribution in [3.63, 3.8) is 0 Å². The highest BCUT2D eigenvalue weighted by Crippen LogP contribution is 2.12. The number of hydrogen-bond acceptors (Lipinski definition) is 2. The molecule has 94 valence electrons. The lowest BCUT2D eigenvalue weighted by atomic mass is 10.1. The molecular formula is C13H19ClN2O. The highest BCUT2D eigenvalue weighted by molar-refractivity contribution is 6.29. The van der Waals surface area contributed by atoms with Crippen molar-refractivity contribution in [3.8, 4) is 0 Å². The predicted octanol–water partition coefficient (Wildman–Crippen LogP) is 3.22. The van der Waals surface area contributed by atoms with Gasteiger partial charge in [-0.1, -0.05) is 38.3 Å². The first-order chi connectivity index (χ1) is 8.17. The second kappa shape index (κ2) is 7.28. The van der Waals surface area contributed by atoms with E-state index < -0.39 is 0 Å². The minimum Gasteiger partial charge on any atom is -0.352 e. The summed E-state index contributed by atoms with van der Waals surface area (Å²) in [5, 5.41) is 3.26. The quantitative estimate of drug-likeness (QED) is 0.626. The highest BCUT2D eigenvalue weighted by Gasteiger charge is 2.08. The van der Waals surface area contributed by atoms with Crippen molar-refractivity contribution < 1.29 is 4.79 Å². The molecule has 1 aromatic rings. The van der Waals surface area contributed by atoms with Crippen molar-refractivity contribution in [2.45, 2.75) is 39.5 Å². The number of nitrogens with zero attached hydrogens (tertiary/aromatic N) is 1. The number of carbonyl (C=O) groups is 1. The Hall–Kier alpha value is -1.09. The van der Waals surface area contributed by atoms with Crippen LogP contribution in [0.4, 0.5) is 0 Å². The van der Waals surface area contributed by atoms with Crippen LogP contribution in [0.15, 0.2) is 12.1 Å². The Bertz CT molecular complexity index is 380. The van der Waals surface area contributed by atoms with Crippen molar-refractivity contribution in [2.75, 3.05) is 6.54 Å². The number of hydrogen-bond donors (Lipinski definition) is 1. The van der Waals surface area contributed by atoms with Gasteiger partial charge < -0.3 is 5.32 Å². The number of unbranched alkanes of at least 4 members (excludes halogenated alkanes) is 1. The summed E-state index contributed by atoms with van der Waals surface area (Å²) in [5.74, 6) is -0.0693. The zero-order valence-corrected chi connectivity index (χ0v) is 11.2. The molecule has 0 atom stereocenters. The van der Waals surface area contributed by atoms with E-state index >= 15 is 0 Å². The molecule has 1 rings (SSSR count). The van der Waals surface area contributed by atoms with Crippen LogP contribution in [-0.2, 0) is 6.42 Å². The van der Waals surface area contributed by atoms with Crippen LogP contribution in [-0.4, -0.2) is 17.4 Å². The molecule has 0 saturated carbocycles. The van der Waals surface area contributed by atoms with Crippen molar-refractivity contribution in [2.24, 2.45) is 0 Å². The SMILES string of the molecule is CCCCNC(=O)c1cc(Cl)nc(CCC)c1. The van der Waals surface area contributed by atoms with Gasteiger partial charge in [-0.2, -0.15) is 0 Å². The number of carbonyl (C=O) groups excluding carboxylic acids is 1. The molecule has 0 bridgehead atoms. The lowest BCUT2D eigenvalue weighted by Gasteiger charge is -2.06. The van der Waals surface area contributed by atoms with E-state index in [0.717, 1.165) is 31.4 Å². The number of rotatable bonds is 6. The molecular weight excluding hydrogens is 236 g/mol. The van der Waals surface area contributed by atoms with Gasteiger partial charge in [-0.25, -0.2) is 4.98 Å². The fourth-order valence-electron chi connectivity index (χ4n) is 1.55. The Morgan fingerprint density at radius 2 is 2.12 bits per heavy atom. The van der Waals surface area contributed by atoms with E-state index in [1.165, 1.54) is 0 Å². The first-order valence-electron chi connectivity index (χ1n) is 6.12. The van der Waals surface area contributed by atoms with E-state index in [9.17, 15) is 4.79 Å². The summed E-state index contributed by atoms with van der Waals surface area (Å²) in [6.45, 7) is 4.87. The summed E-state index contributed by atoms with van der Waals surface area (Å²) >= 11 is 5.90. The molecule has 0 aliphatic heterocycles. The van der Waals surface area contributed by atoms with Crippen molar-refractivity contribution in [1.82, 2.24) is 10.3 Å². The van der Waals surface area contributed by atoms with Gasteiger partial charge in [-0.15, -0.1) is 0 Å². The zero-order valence-electron chi connectivity index (χ0n) is 10.4. The van der Waals surface area contributed by atoms with Gasteiger partial charge in [-0.05, 0) is 25.0 Å². The van der Waals surface area contributed by atoms with Gasteiger partial charge in [0.25, 0.3) is 5.91 Å². The van der Waals surface area contributed by atoms with Crippen molar-refractivity contribution in [1.29, 1.82) is 0 Å². The third-order valence-electron chi connectivity index (χ3n) is 2.43. The molecule has 1 N–H and O–H groups in total. The number of pyridine rings is 1. The minimum atomic E-state index is -0.0693. The van der Waals surface area contributed by atoms with Crippen LogP contribution in [0.1, 0.15) is 49.2 Å². The molecule has 0 aromatic carbocycles. The molecule has 1 heterocycles. The molecule has 0 fully saturated rings. The number of nitrogens with one attached hydrogen (secondary N) is 1. The van der Waals surface area contributed by atoms with Gasteiger partial charge in [0, 0.05) is 17.8 Å². The van der Waals surface area contributed by atoms with Crippen LogP contribution in [0, 0.1) is 0 Å². The largest absolute Gasteiger partial charge is 0.352 e. The summed E-state index contributed by atoms with van der Waals surface area (Å²) in [4.78, 5) is 16.0. The Morgan fingerprint density at radius 1 is 1.35 bits per heavy atom. The average Bonchev–Trinajstić information content (AvgIpc) is 2.29. The molecule has 0 radical (unpaired) electrons. The number of halogens is 1. The topological polar surface area (TPSA) is 42.0 Å². The summed E-state index contributed by atoms with van der Waals surface area (Å²) in [6, 6.07) is 3.43. The smallest absolute Gasteiger partial charge is 0.251 e. The second-order valence-electron chi connectivity index (χ2n) is 4.03. The lowest BCUT2D eigenvalue weighted by molar-refractivity contribution is 0.0953. The number of aromatic nitrogens is 1. The normalized spacial score (nSPS) is 10.3. The summed E-state index contributed by atoms with van der Waals surface area (Å²) in [7, 11) is 0.